The zero-order valence-electron chi connectivity index (χ0n) is 13.6. The number of anilines is 2. The number of rotatable bonds is 3. The molecule has 1 aromatic carbocycles. The van der Waals surface area contributed by atoms with Crippen LogP contribution in [-0.4, -0.2) is 30.1 Å². The maximum absolute atomic E-state index is 12.8. The normalized spacial score (nSPS) is 17.2. The molecule has 2 amide bonds. The van der Waals surface area contributed by atoms with E-state index in [2.05, 4.69) is 15.6 Å². The number of hydrogen-bond acceptors (Lipinski definition) is 3. The fourth-order valence-electron chi connectivity index (χ4n) is 2.71. The predicted octanol–water partition coefficient (Wildman–Crippen LogP) is 3.64. The summed E-state index contributed by atoms with van der Waals surface area (Å²) in [7, 11) is 0. The molecule has 2 aromatic rings. The number of carbonyl (C=O) groups is 1. The number of benzene rings is 1. The lowest BCUT2D eigenvalue weighted by molar-refractivity contribution is -0.137. The molecule has 0 radical (unpaired) electrons. The van der Waals surface area contributed by atoms with E-state index in [0.29, 0.717) is 31.0 Å². The molecule has 9 heteroatoms. The molecule has 1 aliphatic rings. The van der Waals surface area contributed by atoms with E-state index in [9.17, 15) is 22.4 Å². The van der Waals surface area contributed by atoms with Crippen molar-refractivity contribution >= 4 is 17.5 Å². The molecule has 1 atom stereocenters. The number of carbonyl (C=O) groups excluding carboxylic acids is 1. The van der Waals surface area contributed by atoms with Crippen molar-refractivity contribution in [1.29, 1.82) is 0 Å². The monoisotopic (exact) mass is 368 g/mol. The van der Waals surface area contributed by atoms with Gasteiger partial charge >= 0.3 is 12.2 Å². The fraction of sp³-hybridized carbons (Fsp3) is 0.294. The lowest BCUT2D eigenvalue weighted by atomic mass is 10.2. The topological polar surface area (TPSA) is 57.3 Å². The van der Waals surface area contributed by atoms with E-state index >= 15 is 0 Å². The Bertz CT molecular complexity index is 762. The molecule has 0 aliphatic carbocycles. The summed E-state index contributed by atoms with van der Waals surface area (Å²) in [5.41, 5.74) is -0.336. The first kappa shape index (κ1) is 18.0. The maximum Gasteiger partial charge on any atom is 0.417 e. The Labute approximate surface area is 147 Å². The molecular weight excluding hydrogens is 352 g/mol. The summed E-state index contributed by atoms with van der Waals surface area (Å²) in [6.07, 6.45) is -2.98. The summed E-state index contributed by atoms with van der Waals surface area (Å²) in [6, 6.07) is 7.09. The van der Waals surface area contributed by atoms with Crippen molar-refractivity contribution in [3.63, 3.8) is 0 Å². The Kier molecular flexibility index (Phi) is 4.97. The van der Waals surface area contributed by atoms with Crippen molar-refractivity contribution in [3.8, 4) is 0 Å². The highest BCUT2D eigenvalue weighted by atomic mass is 19.4. The Morgan fingerprint density at radius 1 is 1.15 bits per heavy atom. The Balaban J connectivity index is 1.53. The molecule has 3 rings (SSSR count). The van der Waals surface area contributed by atoms with E-state index < -0.39 is 23.6 Å². The third-order valence-corrected chi connectivity index (χ3v) is 4.02. The zero-order chi connectivity index (χ0) is 18.7. The number of halogens is 4. The molecule has 2 heterocycles. The van der Waals surface area contributed by atoms with E-state index in [1.54, 1.807) is 0 Å². The quantitative estimate of drug-likeness (QED) is 0.814. The van der Waals surface area contributed by atoms with Gasteiger partial charge < -0.3 is 15.5 Å². The van der Waals surface area contributed by atoms with E-state index in [0.717, 1.165) is 12.3 Å². The molecule has 0 spiro atoms. The average molecular weight is 368 g/mol. The first-order valence-corrected chi connectivity index (χ1v) is 7.92. The van der Waals surface area contributed by atoms with Gasteiger partial charge in [-0.2, -0.15) is 13.2 Å². The van der Waals surface area contributed by atoms with Crippen LogP contribution in [0.2, 0.25) is 0 Å². The summed E-state index contributed by atoms with van der Waals surface area (Å²) in [6.45, 7) is 1.01. The lowest BCUT2D eigenvalue weighted by Gasteiger charge is -2.18. The van der Waals surface area contributed by atoms with Gasteiger partial charge in [0.15, 0.2) is 0 Å². The highest BCUT2D eigenvalue weighted by Crippen LogP contribution is 2.29. The molecule has 1 saturated heterocycles. The highest BCUT2D eigenvalue weighted by Gasteiger charge is 2.31. The van der Waals surface area contributed by atoms with Crippen LogP contribution in [0.1, 0.15) is 12.0 Å². The first-order chi connectivity index (χ1) is 12.3. The van der Waals surface area contributed by atoms with Gasteiger partial charge in [-0.25, -0.2) is 14.2 Å². The van der Waals surface area contributed by atoms with Gasteiger partial charge in [0, 0.05) is 31.0 Å². The summed E-state index contributed by atoms with van der Waals surface area (Å²) < 4.78 is 50.6. The van der Waals surface area contributed by atoms with Gasteiger partial charge in [-0.1, -0.05) is 0 Å². The minimum Gasteiger partial charge on any atom is -0.354 e. The molecule has 1 fully saturated rings. The van der Waals surface area contributed by atoms with Crippen LogP contribution in [0.5, 0.6) is 0 Å². The Morgan fingerprint density at radius 2 is 1.88 bits per heavy atom. The Morgan fingerprint density at radius 3 is 2.50 bits per heavy atom. The largest absolute Gasteiger partial charge is 0.417 e. The number of aromatic nitrogens is 1. The van der Waals surface area contributed by atoms with Crippen molar-refractivity contribution in [2.75, 3.05) is 23.3 Å². The van der Waals surface area contributed by atoms with Gasteiger partial charge in [0.05, 0.1) is 5.56 Å². The van der Waals surface area contributed by atoms with Gasteiger partial charge in [0.2, 0.25) is 0 Å². The molecule has 138 valence electrons. The van der Waals surface area contributed by atoms with Crippen LogP contribution in [0.15, 0.2) is 42.6 Å². The smallest absolute Gasteiger partial charge is 0.354 e. The van der Waals surface area contributed by atoms with Gasteiger partial charge in [0.25, 0.3) is 0 Å². The average Bonchev–Trinajstić information content (AvgIpc) is 3.04. The second kappa shape index (κ2) is 7.19. The summed E-state index contributed by atoms with van der Waals surface area (Å²) in [5.74, 6) is 0.0349. The molecule has 1 aromatic heterocycles. The second-order valence-corrected chi connectivity index (χ2v) is 5.94. The number of alkyl halides is 3. The third kappa shape index (κ3) is 4.41. The number of nitrogens with one attached hydrogen (secondary N) is 2. The first-order valence-electron chi connectivity index (χ1n) is 7.92. The molecule has 26 heavy (non-hydrogen) atoms. The van der Waals surface area contributed by atoms with Crippen LogP contribution in [0.3, 0.4) is 0 Å². The second-order valence-electron chi connectivity index (χ2n) is 5.94. The number of urea groups is 1. The van der Waals surface area contributed by atoms with Crippen molar-refractivity contribution in [2.45, 2.75) is 18.6 Å². The van der Waals surface area contributed by atoms with E-state index in [1.165, 1.54) is 30.3 Å². The lowest BCUT2D eigenvalue weighted by Crippen LogP contribution is -2.39. The number of pyridine rings is 1. The van der Waals surface area contributed by atoms with Crippen molar-refractivity contribution in [1.82, 2.24) is 10.3 Å². The van der Waals surface area contributed by atoms with E-state index in [-0.39, 0.29) is 6.04 Å². The van der Waals surface area contributed by atoms with Crippen molar-refractivity contribution in [2.24, 2.45) is 0 Å². The van der Waals surface area contributed by atoms with Crippen molar-refractivity contribution < 1.29 is 22.4 Å². The van der Waals surface area contributed by atoms with Gasteiger partial charge in [-0.15, -0.1) is 0 Å². The van der Waals surface area contributed by atoms with Crippen LogP contribution in [0.25, 0.3) is 0 Å². The number of hydrogen-bond donors (Lipinski definition) is 2. The van der Waals surface area contributed by atoms with Gasteiger partial charge in [-0.3, -0.25) is 0 Å². The standard InChI is InChI=1S/C17H16F4N4O/c18-12-2-4-13(5-3-12)23-16(26)24-14-7-8-25(10-14)15-6-1-11(9-22-15)17(19,20)21/h1-6,9,14H,7-8,10H2,(H2,23,24,26)/t14-/m0/s1. The molecule has 2 N–H and O–H groups in total. The zero-order valence-corrected chi connectivity index (χ0v) is 13.6. The molecule has 0 unspecified atom stereocenters. The SMILES string of the molecule is O=C(Nc1ccc(F)cc1)N[C@H]1CCN(c2ccc(C(F)(F)F)cn2)C1. The van der Waals surface area contributed by atoms with Crippen LogP contribution in [0, 0.1) is 5.82 Å². The third-order valence-electron chi connectivity index (χ3n) is 4.02. The minimum absolute atomic E-state index is 0.167. The number of amides is 2. The Hall–Kier alpha value is -2.84. The van der Waals surface area contributed by atoms with Crippen molar-refractivity contribution in [3.05, 3.63) is 54.0 Å². The summed E-state index contributed by atoms with van der Waals surface area (Å²) in [4.78, 5) is 17.6. The minimum atomic E-state index is -4.42. The van der Waals surface area contributed by atoms with Gasteiger partial charge in [-0.05, 0) is 42.8 Å². The molecule has 0 bridgehead atoms. The highest BCUT2D eigenvalue weighted by molar-refractivity contribution is 5.89. The predicted molar refractivity (Wildman–Crippen MR) is 88.4 cm³/mol. The summed E-state index contributed by atoms with van der Waals surface area (Å²) >= 11 is 0. The van der Waals surface area contributed by atoms with E-state index in [4.69, 9.17) is 0 Å². The molecule has 0 saturated carbocycles. The molecule has 1 aliphatic heterocycles. The summed E-state index contributed by atoms with van der Waals surface area (Å²) in [5, 5.41) is 5.38. The van der Waals surface area contributed by atoms with E-state index in [1.807, 2.05) is 4.90 Å². The fourth-order valence-corrected chi connectivity index (χ4v) is 2.71. The maximum atomic E-state index is 12.8. The van der Waals surface area contributed by atoms with Gasteiger partial charge in [0.1, 0.15) is 11.6 Å². The number of nitrogens with zero attached hydrogens (tertiary/aromatic N) is 2. The molecular formula is C17H16F4N4O. The molecule has 5 nitrogen and oxygen atoms in total. The van der Waals surface area contributed by atoms with Crippen LogP contribution in [-0.2, 0) is 6.18 Å². The van der Waals surface area contributed by atoms with Crippen LogP contribution < -0.4 is 15.5 Å². The van der Waals surface area contributed by atoms with Crippen LogP contribution >= 0.6 is 0 Å². The van der Waals surface area contributed by atoms with Crippen LogP contribution in [0.4, 0.5) is 33.9 Å².